The molecule has 0 bridgehead atoms. The lowest BCUT2D eigenvalue weighted by Gasteiger charge is -2.60. The first-order valence-corrected chi connectivity index (χ1v) is 18.1. The van der Waals surface area contributed by atoms with E-state index in [4.69, 9.17) is 9.47 Å². The Labute approximate surface area is 266 Å². The van der Waals surface area contributed by atoms with Crippen LogP contribution < -0.4 is 10.6 Å². The maximum absolute atomic E-state index is 16.5. The van der Waals surface area contributed by atoms with Crippen molar-refractivity contribution in [3.05, 3.63) is 11.8 Å². The van der Waals surface area contributed by atoms with Gasteiger partial charge in [0.05, 0.1) is 42.1 Å². The molecule has 8 aliphatic rings. The molecule has 3 saturated heterocycles. The number of nitrogens with one attached hydrogen (secondary N) is 2. The number of carbonyl (C=O) groups is 3. The molecule has 4 saturated carbocycles. The molecule has 7 fully saturated rings. The fraction of sp³-hybridized carbons (Fsp3) is 0.857. The second-order valence-electron chi connectivity index (χ2n) is 15.6. The van der Waals surface area contributed by atoms with Gasteiger partial charge in [0.15, 0.2) is 5.78 Å². The van der Waals surface area contributed by atoms with Crippen molar-refractivity contribution in [3.8, 4) is 0 Å². The van der Waals surface area contributed by atoms with Crippen LogP contribution >= 0.6 is 0 Å². The zero-order valence-electron chi connectivity index (χ0n) is 26.7. The highest BCUT2D eigenvalue weighted by molar-refractivity contribution is 6.20. The van der Waals surface area contributed by atoms with Gasteiger partial charge in [-0.2, -0.15) is 0 Å². The predicted octanol–water partition coefficient (Wildman–Crippen LogP) is 3.12. The van der Waals surface area contributed by atoms with Crippen LogP contribution in [0.4, 0.5) is 4.39 Å². The number of hydrogen-bond donors (Lipinski definition) is 2. The molecule has 9 nitrogen and oxygen atoms in total. The number of ether oxygens (including phenoxy) is 2. The van der Waals surface area contributed by atoms with E-state index in [1.165, 1.54) is 32.1 Å². The van der Waals surface area contributed by atoms with Crippen LogP contribution in [0.15, 0.2) is 11.8 Å². The van der Waals surface area contributed by atoms with Gasteiger partial charge in [0.2, 0.25) is 5.91 Å². The Morgan fingerprint density at radius 3 is 2.58 bits per heavy atom. The first-order chi connectivity index (χ1) is 21.9. The molecule has 4 heterocycles. The van der Waals surface area contributed by atoms with Crippen molar-refractivity contribution in [2.45, 2.75) is 133 Å². The number of morpholine rings is 1. The second-order valence-corrected chi connectivity index (χ2v) is 15.6. The van der Waals surface area contributed by atoms with Gasteiger partial charge in [-0.25, -0.2) is 4.39 Å². The number of halogens is 1. The van der Waals surface area contributed by atoms with E-state index >= 15 is 4.39 Å². The first-order valence-electron chi connectivity index (χ1n) is 18.1. The lowest BCUT2D eigenvalue weighted by Crippen LogP contribution is -2.71. The van der Waals surface area contributed by atoms with E-state index in [0.717, 1.165) is 58.2 Å². The summed E-state index contributed by atoms with van der Waals surface area (Å²) in [5.74, 6) is -0.443. The van der Waals surface area contributed by atoms with Crippen LogP contribution in [-0.4, -0.2) is 102 Å². The molecule has 4 aliphatic heterocycles. The summed E-state index contributed by atoms with van der Waals surface area (Å²) in [4.78, 5) is 44.1. The minimum atomic E-state index is -1.19. The zero-order valence-corrected chi connectivity index (χ0v) is 26.7. The molecule has 2 N–H and O–H groups in total. The summed E-state index contributed by atoms with van der Waals surface area (Å²) in [6.45, 7) is 4.93. The summed E-state index contributed by atoms with van der Waals surface area (Å²) in [7, 11) is 0. The number of Topliss-reactive ketones (excluding diaryl/α,β-unsaturated/α-hetero) is 1. The molecular weight excluding hydrogens is 575 g/mol. The number of amides is 2. The minimum Gasteiger partial charge on any atom is -0.374 e. The van der Waals surface area contributed by atoms with Crippen molar-refractivity contribution < 1.29 is 28.2 Å². The smallest absolute Gasteiger partial charge is 0.256 e. The number of alkyl halides is 1. The summed E-state index contributed by atoms with van der Waals surface area (Å²) in [5.41, 5.74) is 0.178. The molecular formula is C35H51FN4O5. The van der Waals surface area contributed by atoms with Crippen LogP contribution in [0.1, 0.15) is 84.0 Å². The Balaban J connectivity index is 1.08. The molecule has 2 amide bonds. The highest BCUT2D eigenvalue weighted by Gasteiger charge is 2.62. The van der Waals surface area contributed by atoms with E-state index in [1.807, 2.05) is 6.20 Å². The van der Waals surface area contributed by atoms with Crippen LogP contribution in [0.3, 0.4) is 0 Å². The molecule has 0 spiro atoms. The van der Waals surface area contributed by atoms with E-state index in [2.05, 4.69) is 20.4 Å². The molecule has 45 heavy (non-hydrogen) atoms. The number of hydrogen-bond acceptors (Lipinski definition) is 7. The van der Waals surface area contributed by atoms with Gasteiger partial charge in [0.25, 0.3) is 5.91 Å². The Morgan fingerprint density at radius 1 is 0.933 bits per heavy atom. The summed E-state index contributed by atoms with van der Waals surface area (Å²) in [6, 6.07) is -0.219. The molecule has 0 radical (unpaired) electrons. The normalized spacial score (nSPS) is 45.6. The average Bonchev–Trinajstić information content (AvgIpc) is 3.78. The molecule has 13 atom stereocenters. The van der Waals surface area contributed by atoms with Crippen LogP contribution in [0.5, 0.6) is 0 Å². The number of fused-ring (bicyclic) bond motifs is 5. The molecule has 12 unspecified atom stereocenters. The largest absolute Gasteiger partial charge is 0.374 e. The van der Waals surface area contributed by atoms with Crippen molar-refractivity contribution in [2.24, 2.45) is 29.6 Å². The summed E-state index contributed by atoms with van der Waals surface area (Å²) >= 11 is 0. The second kappa shape index (κ2) is 12.2. The van der Waals surface area contributed by atoms with E-state index in [0.29, 0.717) is 24.5 Å². The fourth-order valence-electron chi connectivity index (χ4n) is 11.2. The first kappa shape index (κ1) is 30.3. The monoisotopic (exact) mass is 626 g/mol. The summed E-state index contributed by atoms with van der Waals surface area (Å²) < 4.78 is 30.3. The van der Waals surface area contributed by atoms with Gasteiger partial charge < -0.3 is 29.9 Å². The van der Waals surface area contributed by atoms with Crippen molar-refractivity contribution in [1.29, 1.82) is 0 Å². The Morgan fingerprint density at radius 2 is 1.76 bits per heavy atom. The van der Waals surface area contributed by atoms with Gasteiger partial charge in [-0.05, 0) is 95.1 Å². The molecule has 0 aromatic rings. The topological polar surface area (TPSA) is 100 Å². The van der Waals surface area contributed by atoms with Crippen molar-refractivity contribution in [3.63, 3.8) is 0 Å². The highest BCUT2D eigenvalue weighted by Crippen LogP contribution is 2.55. The van der Waals surface area contributed by atoms with Crippen LogP contribution in [0.25, 0.3) is 0 Å². The third-order valence-corrected chi connectivity index (χ3v) is 13.1. The molecule has 248 valence electrons. The number of ketones is 1. The Kier molecular flexibility index (Phi) is 8.22. The van der Waals surface area contributed by atoms with Gasteiger partial charge in [-0.15, -0.1) is 0 Å². The molecule has 10 heteroatoms. The number of likely N-dealkylation sites (tertiary alicyclic amines) is 1. The van der Waals surface area contributed by atoms with Crippen LogP contribution in [0, 0.1) is 29.6 Å². The van der Waals surface area contributed by atoms with Gasteiger partial charge >= 0.3 is 0 Å². The Hall–Kier alpha value is -2.04. The average molecular weight is 627 g/mol. The van der Waals surface area contributed by atoms with Crippen molar-refractivity contribution in [1.82, 2.24) is 20.4 Å². The molecule has 0 aromatic carbocycles. The predicted molar refractivity (Wildman–Crippen MR) is 165 cm³/mol. The van der Waals surface area contributed by atoms with Crippen LogP contribution in [-0.2, 0) is 23.9 Å². The SMILES string of the molecule is CC(=O)N[C@@H]1CCC(C2C(F)CC3C(=O)C(C(=O)NCCN4CCCC4)=CN4C5CC6OC7CCCCC7C6CC5OC2C34)C1. The zero-order chi connectivity index (χ0) is 30.8. The van der Waals surface area contributed by atoms with E-state index in [9.17, 15) is 14.4 Å². The van der Waals surface area contributed by atoms with Gasteiger partial charge in [0.1, 0.15) is 6.17 Å². The van der Waals surface area contributed by atoms with E-state index in [1.54, 1.807) is 6.92 Å². The lowest BCUT2D eigenvalue weighted by atomic mass is 9.63. The maximum Gasteiger partial charge on any atom is 0.256 e. The highest BCUT2D eigenvalue weighted by atomic mass is 19.1. The minimum absolute atomic E-state index is 0.00294. The van der Waals surface area contributed by atoms with Crippen molar-refractivity contribution in [2.75, 3.05) is 26.2 Å². The van der Waals surface area contributed by atoms with Gasteiger partial charge in [0, 0.05) is 44.1 Å². The number of nitrogens with zero attached hydrogens (tertiary/aromatic N) is 2. The standard InChI is InChI=1S/C35H51FN4O5/c1-19(41)38-21-9-8-20(14-21)31-26(36)15-24-32-34(31)45-30-16-23-22-6-2-3-7-28(22)44-29(23)17-27(30)40(32)18-25(33(24)42)35(43)37-10-13-39-11-4-5-12-39/h18,20-24,26-32,34H,2-17H2,1H3,(H,37,43)(H,38,41)/t20?,21-,22?,23?,24?,26?,27?,28?,29?,30?,31?,32?,34?/m1/s1. The quantitative estimate of drug-likeness (QED) is 0.437. The number of carbonyl (C=O) groups excluding carboxylic acids is 3. The third-order valence-electron chi connectivity index (χ3n) is 13.1. The van der Waals surface area contributed by atoms with Crippen molar-refractivity contribution >= 4 is 17.6 Å². The van der Waals surface area contributed by atoms with E-state index in [-0.39, 0.29) is 71.8 Å². The molecule has 0 aromatic heterocycles. The van der Waals surface area contributed by atoms with Crippen LogP contribution in [0.2, 0.25) is 0 Å². The maximum atomic E-state index is 16.5. The molecule has 4 aliphatic carbocycles. The van der Waals surface area contributed by atoms with Gasteiger partial charge in [-0.1, -0.05) is 12.8 Å². The third kappa shape index (κ3) is 5.44. The number of rotatable bonds is 6. The summed E-state index contributed by atoms with van der Waals surface area (Å²) in [5, 5.41) is 6.08. The summed E-state index contributed by atoms with van der Waals surface area (Å²) in [6.07, 6.45) is 12.1. The van der Waals surface area contributed by atoms with Gasteiger partial charge in [-0.3, -0.25) is 14.4 Å². The lowest BCUT2D eigenvalue weighted by molar-refractivity contribution is -0.225. The fourth-order valence-corrected chi connectivity index (χ4v) is 11.2. The van der Waals surface area contributed by atoms with E-state index < -0.39 is 18.2 Å². The Bertz CT molecular complexity index is 1210. The molecule has 8 rings (SSSR count).